The van der Waals surface area contributed by atoms with Gasteiger partial charge in [-0.2, -0.15) is 0 Å². The zero-order chi connectivity index (χ0) is 16.2. The molecule has 0 saturated heterocycles. The SMILES string of the molecule is Cc1c(Sc2ccccc2)ccc(C(=O)c2ccccc2)c1C. The van der Waals surface area contributed by atoms with Crippen LogP contribution in [0.2, 0.25) is 0 Å². The van der Waals surface area contributed by atoms with Crippen LogP contribution in [0.5, 0.6) is 0 Å². The molecule has 0 heterocycles. The Hall–Kier alpha value is -2.32. The maximum Gasteiger partial charge on any atom is 0.193 e. The van der Waals surface area contributed by atoms with Crippen LogP contribution in [-0.4, -0.2) is 5.78 Å². The molecule has 0 spiro atoms. The van der Waals surface area contributed by atoms with Gasteiger partial charge in [0.05, 0.1) is 0 Å². The van der Waals surface area contributed by atoms with Crippen LogP contribution in [0.3, 0.4) is 0 Å². The molecule has 0 aliphatic rings. The second-order valence-corrected chi connectivity index (χ2v) is 6.59. The smallest absolute Gasteiger partial charge is 0.193 e. The summed E-state index contributed by atoms with van der Waals surface area (Å²) >= 11 is 1.73. The summed E-state index contributed by atoms with van der Waals surface area (Å²) in [6.07, 6.45) is 0. The lowest BCUT2D eigenvalue weighted by atomic mass is 9.96. The van der Waals surface area contributed by atoms with Gasteiger partial charge in [0.25, 0.3) is 0 Å². The third-order valence-corrected chi connectivity index (χ3v) is 5.16. The van der Waals surface area contributed by atoms with E-state index in [0.29, 0.717) is 0 Å². The Morgan fingerprint density at radius 1 is 0.739 bits per heavy atom. The van der Waals surface area contributed by atoms with Crippen LogP contribution < -0.4 is 0 Å². The van der Waals surface area contributed by atoms with Gasteiger partial charge in [-0.05, 0) is 49.2 Å². The fourth-order valence-corrected chi connectivity index (χ4v) is 3.50. The first kappa shape index (κ1) is 15.6. The summed E-state index contributed by atoms with van der Waals surface area (Å²) in [5.41, 5.74) is 3.74. The molecule has 0 radical (unpaired) electrons. The monoisotopic (exact) mass is 318 g/mol. The van der Waals surface area contributed by atoms with Crippen molar-refractivity contribution in [1.82, 2.24) is 0 Å². The molecule has 0 aromatic heterocycles. The van der Waals surface area contributed by atoms with Crippen molar-refractivity contribution in [2.75, 3.05) is 0 Å². The Bertz CT molecular complexity index is 823. The van der Waals surface area contributed by atoms with E-state index in [0.717, 1.165) is 16.7 Å². The summed E-state index contributed by atoms with van der Waals surface area (Å²) < 4.78 is 0. The summed E-state index contributed by atoms with van der Waals surface area (Å²) in [5, 5.41) is 0. The van der Waals surface area contributed by atoms with Crippen molar-refractivity contribution in [2.24, 2.45) is 0 Å². The third kappa shape index (κ3) is 3.38. The van der Waals surface area contributed by atoms with Gasteiger partial charge in [0.2, 0.25) is 0 Å². The number of rotatable bonds is 4. The van der Waals surface area contributed by atoms with Gasteiger partial charge in [-0.15, -0.1) is 0 Å². The Balaban J connectivity index is 1.93. The maximum absolute atomic E-state index is 12.7. The minimum atomic E-state index is 0.0856. The number of carbonyl (C=O) groups excluding carboxylic acids is 1. The summed E-state index contributed by atoms with van der Waals surface area (Å²) in [7, 11) is 0. The van der Waals surface area contributed by atoms with E-state index in [4.69, 9.17) is 0 Å². The molecule has 3 aromatic rings. The van der Waals surface area contributed by atoms with Crippen molar-refractivity contribution in [3.63, 3.8) is 0 Å². The van der Waals surface area contributed by atoms with Gasteiger partial charge >= 0.3 is 0 Å². The molecule has 0 aliphatic carbocycles. The minimum absolute atomic E-state index is 0.0856. The summed E-state index contributed by atoms with van der Waals surface area (Å²) in [6, 6.07) is 23.7. The predicted molar refractivity (Wildman–Crippen MR) is 96.4 cm³/mol. The molecule has 0 amide bonds. The van der Waals surface area contributed by atoms with E-state index in [2.05, 4.69) is 25.1 Å². The van der Waals surface area contributed by atoms with E-state index >= 15 is 0 Å². The standard InChI is InChI=1S/C21H18OS/c1-15-16(2)20(23-18-11-7-4-8-12-18)14-13-19(15)21(22)17-9-5-3-6-10-17/h3-14H,1-2H3. The highest BCUT2D eigenvalue weighted by molar-refractivity contribution is 7.99. The number of carbonyl (C=O) groups is 1. The summed E-state index contributed by atoms with van der Waals surface area (Å²) in [5.74, 6) is 0.0856. The second kappa shape index (κ2) is 6.84. The van der Waals surface area contributed by atoms with Gasteiger partial charge in [0.15, 0.2) is 5.78 Å². The topological polar surface area (TPSA) is 17.1 Å². The molecule has 0 aliphatic heterocycles. The van der Waals surface area contributed by atoms with E-state index in [-0.39, 0.29) is 5.78 Å². The molecule has 1 nitrogen and oxygen atoms in total. The van der Waals surface area contributed by atoms with Crippen LogP contribution in [-0.2, 0) is 0 Å². The molecule has 2 heteroatoms. The molecule has 0 bridgehead atoms. The highest BCUT2D eigenvalue weighted by atomic mass is 32.2. The average molecular weight is 318 g/mol. The Kier molecular flexibility index (Phi) is 4.63. The van der Waals surface area contributed by atoms with Gasteiger partial charge < -0.3 is 0 Å². The highest BCUT2D eigenvalue weighted by Crippen LogP contribution is 2.33. The molecule has 0 N–H and O–H groups in total. The van der Waals surface area contributed by atoms with Crippen molar-refractivity contribution in [3.8, 4) is 0 Å². The zero-order valence-electron chi connectivity index (χ0n) is 13.2. The van der Waals surface area contributed by atoms with E-state index in [9.17, 15) is 4.79 Å². The van der Waals surface area contributed by atoms with E-state index in [1.165, 1.54) is 15.4 Å². The Labute approximate surface area is 141 Å². The molecule has 0 saturated carbocycles. The number of ketones is 1. The summed E-state index contributed by atoms with van der Waals surface area (Å²) in [4.78, 5) is 15.1. The maximum atomic E-state index is 12.7. The Morgan fingerprint density at radius 3 is 2.00 bits per heavy atom. The first-order valence-electron chi connectivity index (χ1n) is 7.59. The van der Waals surface area contributed by atoms with Gasteiger partial charge in [0, 0.05) is 20.9 Å². The normalized spacial score (nSPS) is 10.5. The van der Waals surface area contributed by atoms with Crippen molar-refractivity contribution < 1.29 is 4.79 Å². The number of hydrogen-bond acceptors (Lipinski definition) is 2. The first-order valence-corrected chi connectivity index (χ1v) is 8.41. The largest absolute Gasteiger partial charge is 0.289 e. The molecule has 3 rings (SSSR count). The zero-order valence-corrected chi connectivity index (χ0v) is 14.1. The van der Waals surface area contributed by atoms with Crippen LogP contribution in [0.1, 0.15) is 27.0 Å². The molecule has 3 aromatic carbocycles. The third-order valence-electron chi connectivity index (χ3n) is 3.99. The van der Waals surface area contributed by atoms with Gasteiger partial charge in [-0.25, -0.2) is 0 Å². The van der Waals surface area contributed by atoms with E-state index < -0.39 is 0 Å². The summed E-state index contributed by atoms with van der Waals surface area (Å²) in [6.45, 7) is 4.11. The average Bonchev–Trinajstić information content (AvgIpc) is 2.60. The van der Waals surface area contributed by atoms with Crippen molar-refractivity contribution >= 4 is 17.5 Å². The molecular formula is C21H18OS. The molecule has 0 fully saturated rings. The number of hydrogen-bond donors (Lipinski definition) is 0. The Morgan fingerprint density at radius 2 is 1.35 bits per heavy atom. The molecule has 0 unspecified atom stereocenters. The van der Waals surface area contributed by atoms with Crippen molar-refractivity contribution in [3.05, 3.63) is 95.1 Å². The molecule has 114 valence electrons. The fraction of sp³-hybridized carbons (Fsp3) is 0.0952. The fourth-order valence-electron chi connectivity index (χ4n) is 2.51. The van der Waals surface area contributed by atoms with Crippen molar-refractivity contribution in [1.29, 1.82) is 0 Å². The van der Waals surface area contributed by atoms with Gasteiger partial charge in [0.1, 0.15) is 0 Å². The van der Waals surface area contributed by atoms with E-state index in [1.54, 1.807) is 11.8 Å². The predicted octanol–water partition coefficient (Wildman–Crippen LogP) is 5.69. The van der Waals surface area contributed by atoms with Crippen LogP contribution in [0.4, 0.5) is 0 Å². The van der Waals surface area contributed by atoms with Gasteiger partial charge in [-0.3, -0.25) is 4.79 Å². The van der Waals surface area contributed by atoms with Crippen LogP contribution in [0, 0.1) is 13.8 Å². The highest BCUT2D eigenvalue weighted by Gasteiger charge is 2.15. The lowest BCUT2D eigenvalue weighted by Crippen LogP contribution is -2.05. The molecule has 23 heavy (non-hydrogen) atoms. The quantitative estimate of drug-likeness (QED) is 0.575. The van der Waals surface area contributed by atoms with E-state index in [1.807, 2.05) is 61.5 Å². The number of benzene rings is 3. The van der Waals surface area contributed by atoms with Crippen LogP contribution in [0.15, 0.2) is 82.6 Å². The van der Waals surface area contributed by atoms with Crippen molar-refractivity contribution in [2.45, 2.75) is 23.6 Å². The lowest BCUT2D eigenvalue weighted by Gasteiger charge is -2.12. The molecule has 0 atom stereocenters. The lowest BCUT2D eigenvalue weighted by molar-refractivity contribution is 0.103. The van der Waals surface area contributed by atoms with Crippen LogP contribution in [0.25, 0.3) is 0 Å². The second-order valence-electron chi connectivity index (χ2n) is 5.47. The first-order chi connectivity index (χ1) is 11.2. The van der Waals surface area contributed by atoms with Crippen LogP contribution >= 0.6 is 11.8 Å². The molecular weight excluding hydrogens is 300 g/mol. The van der Waals surface area contributed by atoms with Gasteiger partial charge in [-0.1, -0.05) is 60.3 Å². The minimum Gasteiger partial charge on any atom is -0.289 e.